The molecule has 110 valence electrons. The Balaban J connectivity index is 2.07. The van der Waals surface area contributed by atoms with Gasteiger partial charge in [0.05, 0.1) is 19.3 Å². The molecule has 7 nitrogen and oxygen atoms in total. The van der Waals surface area contributed by atoms with Crippen LogP contribution in [0.2, 0.25) is 0 Å². The fourth-order valence-corrected chi connectivity index (χ4v) is 2.55. The average molecular weight is 307 g/mol. The van der Waals surface area contributed by atoms with Crippen LogP contribution in [0.4, 0.5) is 0 Å². The Morgan fingerprint density at radius 2 is 2.24 bits per heavy atom. The quantitative estimate of drug-likeness (QED) is 0.867. The number of amides is 1. The molecule has 0 unspecified atom stereocenters. The monoisotopic (exact) mass is 307 g/mol. The molecule has 0 fully saturated rings. The van der Waals surface area contributed by atoms with E-state index in [0.717, 1.165) is 11.3 Å². The summed E-state index contributed by atoms with van der Waals surface area (Å²) in [5.74, 6) is -1.14. The minimum Gasteiger partial charge on any atom is -0.480 e. The molecule has 2 N–H and O–H groups in total. The van der Waals surface area contributed by atoms with E-state index >= 15 is 0 Å². The molecule has 2 heterocycles. The molecule has 0 bridgehead atoms. The zero-order chi connectivity index (χ0) is 15.4. The number of pyridine rings is 1. The number of carboxylic acids is 1. The van der Waals surface area contributed by atoms with E-state index in [0.29, 0.717) is 16.3 Å². The van der Waals surface area contributed by atoms with E-state index in [2.05, 4.69) is 15.3 Å². The van der Waals surface area contributed by atoms with Crippen LogP contribution in [0.1, 0.15) is 30.7 Å². The van der Waals surface area contributed by atoms with Crippen LogP contribution in [0.5, 0.6) is 5.88 Å². The number of nitrogens with zero attached hydrogens (tertiary/aromatic N) is 2. The molecule has 0 spiro atoms. The van der Waals surface area contributed by atoms with E-state index in [4.69, 9.17) is 9.84 Å². The molecule has 0 atom stereocenters. The Morgan fingerprint density at radius 3 is 2.86 bits per heavy atom. The molecule has 8 heteroatoms. The maximum Gasteiger partial charge on any atom is 0.347 e. The maximum atomic E-state index is 12.1. The number of aromatic carboxylic acids is 1. The van der Waals surface area contributed by atoms with Gasteiger partial charge in [-0.3, -0.25) is 4.79 Å². The summed E-state index contributed by atoms with van der Waals surface area (Å²) in [5.41, 5.74) is 0.752. The zero-order valence-electron chi connectivity index (χ0n) is 11.4. The molecule has 0 aliphatic heterocycles. The second-order valence-corrected chi connectivity index (χ2v) is 5.15. The van der Waals surface area contributed by atoms with Crippen molar-refractivity contribution in [3.05, 3.63) is 39.5 Å². The van der Waals surface area contributed by atoms with E-state index in [1.165, 1.54) is 13.3 Å². The third-order valence-electron chi connectivity index (χ3n) is 2.64. The third kappa shape index (κ3) is 3.34. The van der Waals surface area contributed by atoms with Gasteiger partial charge in [-0.1, -0.05) is 0 Å². The number of rotatable bonds is 5. The molecule has 2 aromatic rings. The van der Waals surface area contributed by atoms with Crippen LogP contribution in [-0.2, 0) is 6.54 Å². The zero-order valence-corrected chi connectivity index (χ0v) is 12.2. The van der Waals surface area contributed by atoms with Gasteiger partial charge in [-0.2, -0.15) is 0 Å². The van der Waals surface area contributed by atoms with Crippen molar-refractivity contribution in [2.24, 2.45) is 0 Å². The molecule has 0 aromatic carbocycles. The van der Waals surface area contributed by atoms with E-state index in [-0.39, 0.29) is 23.2 Å². The second kappa shape index (κ2) is 6.31. The molecule has 21 heavy (non-hydrogen) atoms. The third-order valence-corrected chi connectivity index (χ3v) is 3.79. The number of nitrogens with one attached hydrogen (secondary N) is 1. The lowest BCUT2D eigenvalue weighted by Gasteiger charge is -2.06. The van der Waals surface area contributed by atoms with Crippen LogP contribution in [0.3, 0.4) is 0 Å². The standard InChI is InChI=1S/C13H13N3O4S/c1-7-10(13(18)19)21-9(16-7)6-15-11(17)8-4-3-5-14-12(8)20-2/h3-5H,6H2,1-2H3,(H,15,17)(H,18,19). The van der Waals surface area contributed by atoms with E-state index in [1.54, 1.807) is 19.1 Å². The van der Waals surface area contributed by atoms with Gasteiger partial charge in [-0.15, -0.1) is 11.3 Å². The van der Waals surface area contributed by atoms with Crippen LogP contribution >= 0.6 is 11.3 Å². The average Bonchev–Trinajstić information content (AvgIpc) is 2.86. The predicted octanol–water partition coefficient (Wildman–Crippen LogP) is 1.48. The first-order valence-electron chi connectivity index (χ1n) is 5.99. The number of hydrogen-bond donors (Lipinski definition) is 2. The van der Waals surface area contributed by atoms with Crippen molar-refractivity contribution in [1.29, 1.82) is 0 Å². The lowest BCUT2D eigenvalue weighted by atomic mass is 10.2. The molecular weight excluding hydrogens is 294 g/mol. The number of thiazole rings is 1. The summed E-state index contributed by atoms with van der Waals surface area (Å²) in [6, 6.07) is 3.23. The van der Waals surface area contributed by atoms with Gasteiger partial charge in [-0.05, 0) is 19.1 Å². The van der Waals surface area contributed by atoms with Crippen molar-refractivity contribution < 1.29 is 19.4 Å². The van der Waals surface area contributed by atoms with Gasteiger partial charge >= 0.3 is 5.97 Å². The summed E-state index contributed by atoms with van der Waals surface area (Å²) in [4.78, 5) is 31.2. The van der Waals surface area contributed by atoms with Crippen molar-refractivity contribution in [2.45, 2.75) is 13.5 Å². The minimum atomic E-state index is -1.02. The Hall–Kier alpha value is -2.48. The van der Waals surface area contributed by atoms with Gasteiger partial charge in [0.25, 0.3) is 5.91 Å². The van der Waals surface area contributed by atoms with Gasteiger partial charge in [0.15, 0.2) is 0 Å². The van der Waals surface area contributed by atoms with Gasteiger partial charge < -0.3 is 15.2 Å². The van der Waals surface area contributed by atoms with Crippen LogP contribution in [-0.4, -0.2) is 34.1 Å². The Bertz CT molecular complexity index is 684. The number of ether oxygens (including phenoxy) is 1. The molecule has 0 saturated carbocycles. The van der Waals surface area contributed by atoms with Crippen LogP contribution in [0, 0.1) is 6.92 Å². The summed E-state index contributed by atoms with van der Waals surface area (Å²) >= 11 is 1.04. The Kier molecular flexibility index (Phi) is 4.49. The van der Waals surface area contributed by atoms with Gasteiger partial charge in [-0.25, -0.2) is 14.8 Å². The molecule has 2 aromatic heterocycles. The topological polar surface area (TPSA) is 101 Å². The minimum absolute atomic E-state index is 0.148. The summed E-state index contributed by atoms with van der Waals surface area (Å²) in [6.45, 7) is 1.77. The van der Waals surface area contributed by atoms with Gasteiger partial charge in [0.1, 0.15) is 15.4 Å². The van der Waals surface area contributed by atoms with Crippen molar-refractivity contribution in [3.63, 3.8) is 0 Å². The normalized spacial score (nSPS) is 10.2. The predicted molar refractivity (Wildman–Crippen MR) is 75.8 cm³/mol. The smallest absolute Gasteiger partial charge is 0.347 e. The lowest BCUT2D eigenvalue weighted by Crippen LogP contribution is -2.23. The Morgan fingerprint density at radius 1 is 1.48 bits per heavy atom. The van der Waals surface area contributed by atoms with Crippen molar-refractivity contribution in [2.75, 3.05) is 7.11 Å². The number of methoxy groups -OCH3 is 1. The van der Waals surface area contributed by atoms with Crippen LogP contribution < -0.4 is 10.1 Å². The number of aryl methyl sites for hydroxylation is 1. The number of aromatic nitrogens is 2. The highest BCUT2D eigenvalue weighted by Crippen LogP contribution is 2.18. The van der Waals surface area contributed by atoms with Gasteiger partial charge in [0.2, 0.25) is 5.88 Å². The molecule has 2 rings (SSSR count). The Labute approximate surface area is 124 Å². The van der Waals surface area contributed by atoms with Crippen molar-refractivity contribution in [1.82, 2.24) is 15.3 Å². The molecule has 0 aliphatic carbocycles. The largest absolute Gasteiger partial charge is 0.480 e. The fraction of sp³-hybridized carbons (Fsp3) is 0.231. The highest BCUT2D eigenvalue weighted by molar-refractivity contribution is 7.13. The first kappa shape index (κ1) is 14.9. The first-order valence-corrected chi connectivity index (χ1v) is 6.81. The molecule has 0 radical (unpaired) electrons. The highest BCUT2D eigenvalue weighted by atomic mass is 32.1. The number of hydrogen-bond acceptors (Lipinski definition) is 6. The molecular formula is C13H13N3O4S. The second-order valence-electron chi connectivity index (χ2n) is 4.07. The lowest BCUT2D eigenvalue weighted by molar-refractivity contribution is 0.0701. The number of carbonyl (C=O) groups excluding carboxylic acids is 1. The van der Waals surface area contributed by atoms with E-state index in [1.807, 2.05) is 0 Å². The van der Waals surface area contributed by atoms with E-state index in [9.17, 15) is 9.59 Å². The maximum absolute atomic E-state index is 12.1. The fourth-order valence-electron chi connectivity index (χ4n) is 1.70. The van der Waals surface area contributed by atoms with Crippen molar-refractivity contribution in [3.8, 4) is 5.88 Å². The summed E-state index contributed by atoms with van der Waals surface area (Å²) in [6.07, 6.45) is 1.53. The number of carboxylic acid groups (broad SMARTS) is 1. The number of carbonyl (C=O) groups is 2. The SMILES string of the molecule is COc1ncccc1C(=O)NCc1nc(C)c(C(=O)O)s1. The summed E-state index contributed by atoms with van der Waals surface area (Å²) < 4.78 is 5.01. The van der Waals surface area contributed by atoms with E-state index < -0.39 is 5.97 Å². The summed E-state index contributed by atoms with van der Waals surface area (Å²) in [7, 11) is 1.43. The first-order chi connectivity index (χ1) is 10.0. The molecule has 0 saturated heterocycles. The van der Waals surface area contributed by atoms with Crippen LogP contribution in [0.25, 0.3) is 0 Å². The summed E-state index contributed by atoms with van der Waals surface area (Å²) in [5, 5.41) is 12.2. The van der Waals surface area contributed by atoms with Crippen LogP contribution in [0.15, 0.2) is 18.3 Å². The molecule has 0 aliphatic rings. The molecule has 1 amide bonds. The van der Waals surface area contributed by atoms with Crippen molar-refractivity contribution >= 4 is 23.2 Å². The van der Waals surface area contributed by atoms with Gasteiger partial charge in [0, 0.05) is 6.20 Å². The highest BCUT2D eigenvalue weighted by Gasteiger charge is 2.16.